The highest BCUT2D eigenvalue weighted by molar-refractivity contribution is 5.51. The van der Waals surface area contributed by atoms with Crippen molar-refractivity contribution in [1.29, 1.82) is 0 Å². The van der Waals surface area contributed by atoms with Gasteiger partial charge in [0.25, 0.3) is 6.43 Å². The first-order valence-electron chi connectivity index (χ1n) is 6.28. The van der Waals surface area contributed by atoms with Crippen molar-refractivity contribution >= 4 is 0 Å². The van der Waals surface area contributed by atoms with E-state index < -0.39 is 13.0 Å². The molecule has 0 saturated heterocycles. The van der Waals surface area contributed by atoms with Crippen molar-refractivity contribution in [2.45, 2.75) is 13.0 Å². The molecule has 8 heteroatoms. The highest BCUT2D eigenvalue weighted by atomic mass is 19.3. The maximum Gasteiger partial charge on any atom is 0.251 e. The zero-order chi connectivity index (χ0) is 15.2. The second kappa shape index (κ2) is 7.19. The molecule has 2 aromatic rings. The maximum absolute atomic E-state index is 12.8. The molecule has 0 bridgehead atoms. The van der Waals surface area contributed by atoms with Crippen molar-refractivity contribution in [3.63, 3.8) is 0 Å². The average Bonchev–Trinajstić information content (AvgIpc) is 2.87. The van der Waals surface area contributed by atoms with Crippen LogP contribution >= 0.6 is 0 Å². The van der Waals surface area contributed by atoms with Gasteiger partial charge in [-0.2, -0.15) is 0 Å². The van der Waals surface area contributed by atoms with Crippen LogP contribution in [0.4, 0.5) is 13.2 Å². The van der Waals surface area contributed by atoms with E-state index in [0.29, 0.717) is 5.56 Å². The Morgan fingerprint density at radius 2 is 1.90 bits per heavy atom. The Morgan fingerprint density at radius 1 is 1.19 bits per heavy atom. The van der Waals surface area contributed by atoms with E-state index in [1.165, 1.54) is 29.2 Å². The van der Waals surface area contributed by atoms with Gasteiger partial charge < -0.3 is 9.52 Å². The van der Waals surface area contributed by atoms with Crippen LogP contribution in [0.25, 0.3) is 11.5 Å². The molecule has 0 saturated carbocycles. The molecule has 0 amide bonds. The number of rotatable bonds is 7. The molecule has 0 unspecified atom stereocenters. The second-order valence-electron chi connectivity index (χ2n) is 4.36. The Kier molecular flexibility index (Phi) is 5.29. The first-order chi connectivity index (χ1) is 10.1. The molecular formula is C13H14F3N3O2. The fourth-order valence-electron chi connectivity index (χ4n) is 1.79. The summed E-state index contributed by atoms with van der Waals surface area (Å²) in [7, 11) is 0. The Balaban J connectivity index is 2.06. The van der Waals surface area contributed by atoms with Gasteiger partial charge in [-0.3, -0.25) is 4.90 Å². The number of hydrogen-bond acceptors (Lipinski definition) is 5. The van der Waals surface area contributed by atoms with E-state index in [1.54, 1.807) is 0 Å². The number of halogens is 3. The van der Waals surface area contributed by atoms with E-state index in [-0.39, 0.29) is 37.3 Å². The molecular weight excluding hydrogens is 287 g/mol. The van der Waals surface area contributed by atoms with E-state index in [0.717, 1.165) is 0 Å². The van der Waals surface area contributed by atoms with E-state index in [4.69, 9.17) is 9.52 Å². The Bertz CT molecular complexity index is 560. The monoisotopic (exact) mass is 301 g/mol. The molecule has 0 atom stereocenters. The molecule has 1 N–H and O–H groups in total. The van der Waals surface area contributed by atoms with Gasteiger partial charge in [0.15, 0.2) is 0 Å². The minimum Gasteiger partial charge on any atom is -0.419 e. The van der Waals surface area contributed by atoms with Crippen LogP contribution < -0.4 is 0 Å². The Hall–Kier alpha value is -1.93. The zero-order valence-corrected chi connectivity index (χ0v) is 11.0. The van der Waals surface area contributed by atoms with E-state index >= 15 is 0 Å². The van der Waals surface area contributed by atoms with Crippen molar-refractivity contribution in [3.8, 4) is 11.5 Å². The van der Waals surface area contributed by atoms with Crippen molar-refractivity contribution in [2.75, 3.05) is 19.7 Å². The van der Waals surface area contributed by atoms with Crippen molar-refractivity contribution < 1.29 is 22.7 Å². The quantitative estimate of drug-likeness (QED) is 0.846. The first-order valence-corrected chi connectivity index (χ1v) is 6.28. The predicted octanol–water partition coefficient (Wildman–Crippen LogP) is 1.94. The van der Waals surface area contributed by atoms with Gasteiger partial charge in [-0.1, -0.05) is 0 Å². The van der Waals surface area contributed by atoms with Gasteiger partial charge >= 0.3 is 0 Å². The van der Waals surface area contributed by atoms with Gasteiger partial charge in [0, 0.05) is 12.1 Å². The summed E-state index contributed by atoms with van der Waals surface area (Å²) in [5, 5.41) is 16.4. The molecule has 0 radical (unpaired) electrons. The lowest BCUT2D eigenvalue weighted by atomic mass is 10.2. The van der Waals surface area contributed by atoms with Gasteiger partial charge in [0.1, 0.15) is 5.82 Å². The standard InChI is InChI=1S/C13H14F3N3O2/c14-10-3-1-9(2-4-10)13-18-17-12(21-13)8-19(5-6-20)7-11(15)16/h1-4,11,20H,5-8H2. The Labute approximate surface area is 119 Å². The summed E-state index contributed by atoms with van der Waals surface area (Å²) in [5.74, 6) is -0.0426. The third kappa shape index (κ3) is 4.54. The smallest absolute Gasteiger partial charge is 0.251 e. The van der Waals surface area contributed by atoms with E-state index in [9.17, 15) is 13.2 Å². The fourth-order valence-corrected chi connectivity index (χ4v) is 1.79. The topological polar surface area (TPSA) is 62.4 Å². The van der Waals surface area contributed by atoms with Gasteiger partial charge in [0.2, 0.25) is 11.8 Å². The number of alkyl halides is 2. The highest BCUT2D eigenvalue weighted by Crippen LogP contribution is 2.18. The third-order valence-corrected chi connectivity index (χ3v) is 2.73. The van der Waals surface area contributed by atoms with Crippen LogP contribution in [0.3, 0.4) is 0 Å². The van der Waals surface area contributed by atoms with Gasteiger partial charge in [-0.25, -0.2) is 13.2 Å². The maximum atomic E-state index is 12.8. The SMILES string of the molecule is OCCN(Cc1nnc(-c2ccc(F)cc2)o1)CC(F)F. The van der Waals surface area contributed by atoms with Crippen LogP contribution in [0.5, 0.6) is 0 Å². The van der Waals surface area contributed by atoms with Crippen LogP contribution in [-0.4, -0.2) is 46.3 Å². The second-order valence-corrected chi connectivity index (χ2v) is 4.36. The number of hydrogen-bond donors (Lipinski definition) is 1. The summed E-state index contributed by atoms with van der Waals surface area (Å²) in [4.78, 5) is 1.31. The summed E-state index contributed by atoms with van der Waals surface area (Å²) in [6.07, 6.45) is -2.52. The summed E-state index contributed by atoms with van der Waals surface area (Å²) in [5.41, 5.74) is 0.540. The van der Waals surface area contributed by atoms with Crippen LogP contribution in [0.2, 0.25) is 0 Å². The zero-order valence-electron chi connectivity index (χ0n) is 11.0. The molecule has 1 heterocycles. The largest absolute Gasteiger partial charge is 0.419 e. The van der Waals surface area contributed by atoms with Crippen LogP contribution in [0.15, 0.2) is 28.7 Å². The molecule has 0 aliphatic carbocycles. The average molecular weight is 301 g/mol. The van der Waals surface area contributed by atoms with Gasteiger partial charge in [-0.15, -0.1) is 10.2 Å². The summed E-state index contributed by atoms with van der Waals surface area (Å²) in [6, 6.07) is 5.48. The fraction of sp³-hybridized carbons (Fsp3) is 0.385. The van der Waals surface area contributed by atoms with Gasteiger partial charge in [-0.05, 0) is 24.3 Å². The lowest BCUT2D eigenvalue weighted by Crippen LogP contribution is -2.31. The molecule has 21 heavy (non-hydrogen) atoms. The minimum atomic E-state index is -2.52. The molecule has 0 fully saturated rings. The Morgan fingerprint density at radius 3 is 2.52 bits per heavy atom. The summed E-state index contributed by atoms with van der Waals surface area (Å²) < 4.78 is 43.0. The van der Waals surface area contributed by atoms with Crippen LogP contribution in [0, 0.1) is 5.82 Å². The number of benzene rings is 1. The predicted molar refractivity (Wildman–Crippen MR) is 68.1 cm³/mol. The molecule has 5 nitrogen and oxygen atoms in total. The number of aromatic nitrogens is 2. The van der Waals surface area contributed by atoms with E-state index in [1.807, 2.05) is 0 Å². The molecule has 114 valence electrons. The molecule has 1 aromatic heterocycles. The molecule has 0 aliphatic rings. The number of nitrogens with zero attached hydrogens (tertiary/aromatic N) is 3. The van der Waals surface area contributed by atoms with Gasteiger partial charge in [0.05, 0.1) is 19.7 Å². The number of aliphatic hydroxyl groups is 1. The van der Waals surface area contributed by atoms with Crippen molar-refractivity contribution in [3.05, 3.63) is 36.0 Å². The minimum absolute atomic E-state index is 0.0130. The van der Waals surface area contributed by atoms with Crippen LogP contribution in [-0.2, 0) is 6.54 Å². The molecule has 1 aromatic carbocycles. The molecule has 2 rings (SSSR count). The molecule has 0 aliphatic heterocycles. The van der Waals surface area contributed by atoms with Crippen molar-refractivity contribution in [2.24, 2.45) is 0 Å². The summed E-state index contributed by atoms with van der Waals surface area (Å²) in [6.45, 7) is -0.641. The molecule has 0 spiro atoms. The normalized spacial score (nSPS) is 11.5. The third-order valence-electron chi connectivity index (χ3n) is 2.73. The summed E-state index contributed by atoms with van der Waals surface area (Å²) >= 11 is 0. The van der Waals surface area contributed by atoms with Crippen molar-refractivity contribution in [1.82, 2.24) is 15.1 Å². The lowest BCUT2D eigenvalue weighted by molar-refractivity contribution is 0.0704. The number of aliphatic hydroxyl groups excluding tert-OH is 1. The highest BCUT2D eigenvalue weighted by Gasteiger charge is 2.16. The van der Waals surface area contributed by atoms with E-state index in [2.05, 4.69) is 10.2 Å². The van der Waals surface area contributed by atoms with Crippen LogP contribution in [0.1, 0.15) is 5.89 Å². The lowest BCUT2D eigenvalue weighted by Gasteiger charge is -2.18. The first kappa shape index (κ1) is 15.5.